The molecule has 0 unspecified atom stereocenters. The summed E-state index contributed by atoms with van der Waals surface area (Å²) < 4.78 is 28.2. The monoisotopic (exact) mass is 322 g/mol. The van der Waals surface area contributed by atoms with Crippen LogP contribution in [-0.4, -0.2) is 34.7 Å². The summed E-state index contributed by atoms with van der Waals surface area (Å²) in [4.78, 5) is 11.8. The third kappa shape index (κ3) is 3.08. The van der Waals surface area contributed by atoms with Gasteiger partial charge in [0.2, 0.25) is 0 Å². The number of nitrogens with one attached hydrogen (secondary N) is 1. The lowest BCUT2D eigenvalue weighted by Crippen LogP contribution is -2.39. The second-order valence-electron chi connectivity index (χ2n) is 4.38. The molecule has 2 rings (SSSR count). The van der Waals surface area contributed by atoms with E-state index in [-0.39, 0.29) is 6.04 Å². The molecule has 18 heavy (non-hydrogen) atoms. The minimum Gasteiger partial charge on any atom is -0.390 e. The summed E-state index contributed by atoms with van der Waals surface area (Å²) in [6.45, 7) is -2.14. The topological polar surface area (TPSA) is 54.3 Å². The van der Waals surface area contributed by atoms with Gasteiger partial charge in [0.1, 0.15) is 12.3 Å². The predicted octanol–water partition coefficient (Wildman–Crippen LogP) is 1.94. The standard InChI is InChI=1S/C11H13BrF2N2O2/c12-7-3-9(16(4-7)8-1-2-8)10(18)15-5-11(13,14)6-17/h3-4,8,17H,1-2,5-6H2,(H,15,18). The maximum Gasteiger partial charge on any atom is 0.287 e. The molecule has 0 aromatic carbocycles. The normalized spacial score (nSPS) is 15.8. The van der Waals surface area contributed by atoms with E-state index in [1.54, 1.807) is 16.8 Å². The lowest BCUT2D eigenvalue weighted by Gasteiger charge is -2.14. The average Bonchev–Trinajstić information content (AvgIpc) is 3.09. The summed E-state index contributed by atoms with van der Waals surface area (Å²) in [6, 6.07) is 1.89. The first-order valence-corrected chi connectivity index (χ1v) is 6.36. The summed E-state index contributed by atoms with van der Waals surface area (Å²) in [5, 5.41) is 10.6. The molecule has 1 saturated carbocycles. The van der Waals surface area contributed by atoms with E-state index in [9.17, 15) is 13.6 Å². The van der Waals surface area contributed by atoms with Crippen molar-refractivity contribution in [3.63, 3.8) is 0 Å². The number of aromatic nitrogens is 1. The third-order valence-electron chi connectivity index (χ3n) is 2.73. The van der Waals surface area contributed by atoms with Crippen LogP contribution in [0.1, 0.15) is 29.4 Å². The van der Waals surface area contributed by atoms with Gasteiger partial charge in [-0.25, -0.2) is 8.78 Å². The minimum absolute atomic E-state index is 0.287. The number of amides is 1. The average molecular weight is 323 g/mol. The van der Waals surface area contributed by atoms with E-state index in [4.69, 9.17) is 5.11 Å². The summed E-state index contributed by atoms with van der Waals surface area (Å²) in [6.07, 6.45) is 3.76. The molecule has 1 aliphatic carbocycles. The number of hydrogen-bond donors (Lipinski definition) is 2. The zero-order chi connectivity index (χ0) is 13.3. The second kappa shape index (κ2) is 4.97. The van der Waals surface area contributed by atoms with E-state index in [1.807, 2.05) is 0 Å². The van der Waals surface area contributed by atoms with Gasteiger partial charge in [-0.3, -0.25) is 4.79 Å². The maximum absolute atomic E-state index is 12.8. The van der Waals surface area contributed by atoms with Crippen molar-refractivity contribution in [2.75, 3.05) is 13.2 Å². The second-order valence-corrected chi connectivity index (χ2v) is 5.29. The molecule has 0 saturated heterocycles. The lowest BCUT2D eigenvalue weighted by molar-refractivity contribution is -0.0462. The molecular formula is C11H13BrF2N2O2. The number of aliphatic hydroxyl groups is 1. The van der Waals surface area contributed by atoms with Crippen LogP contribution in [-0.2, 0) is 0 Å². The Morgan fingerprint density at radius 2 is 2.28 bits per heavy atom. The molecule has 1 amide bonds. The first kappa shape index (κ1) is 13.5. The van der Waals surface area contributed by atoms with Crippen molar-refractivity contribution in [1.29, 1.82) is 0 Å². The Bertz CT molecular complexity index is 458. The minimum atomic E-state index is -3.29. The highest BCUT2D eigenvalue weighted by atomic mass is 79.9. The number of nitrogens with zero attached hydrogens (tertiary/aromatic N) is 1. The van der Waals surface area contributed by atoms with Gasteiger partial charge in [-0.1, -0.05) is 0 Å². The number of aliphatic hydroxyl groups excluding tert-OH is 1. The van der Waals surface area contributed by atoms with Gasteiger partial charge in [0, 0.05) is 16.7 Å². The van der Waals surface area contributed by atoms with Gasteiger partial charge in [0.15, 0.2) is 0 Å². The zero-order valence-corrected chi connectivity index (χ0v) is 11.1. The van der Waals surface area contributed by atoms with E-state index in [0.717, 1.165) is 17.3 Å². The molecule has 0 radical (unpaired) electrons. The highest BCUT2D eigenvalue weighted by Gasteiger charge is 2.31. The van der Waals surface area contributed by atoms with E-state index in [0.29, 0.717) is 5.69 Å². The molecule has 1 fully saturated rings. The maximum atomic E-state index is 12.8. The lowest BCUT2D eigenvalue weighted by atomic mass is 10.3. The Morgan fingerprint density at radius 1 is 1.61 bits per heavy atom. The van der Waals surface area contributed by atoms with Crippen LogP contribution in [0.25, 0.3) is 0 Å². The van der Waals surface area contributed by atoms with Gasteiger partial charge in [-0.15, -0.1) is 0 Å². The van der Waals surface area contributed by atoms with Crippen LogP contribution < -0.4 is 5.32 Å². The Labute approximate surface area is 111 Å². The van der Waals surface area contributed by atoms with Crippen LogP contribution in [0.2, 0.25) is 0 Å². The number of rotatable bonds is 5. The molecule has 1 aliphatic rings. The van der Waals surface area contributed by atoms with Crippen LogP contribution >= 0.6 is 15.9 Å². The summed E-state index contributed by atoms with van der Waals surface area (Å²) >= 11 is 3.26. The number of carbonyl (C=O) groups is 1. The smallest absolute Gasteiger partial charge is 0.287 e. The van der Waals surface area contributed by atoms with Gasteiger partial charge < -0.3 is 15.0 Å². The van der Waals surface area contributed by atoms with Crippen LogP contribution in [0.15, 0.2) is 16.7 Å². The Kier molecular flexibility index (Phi) is 3.72. The van der Waals surface area contributed by atoms with Crippen LogP contribution in [0.5, 0.6) is 0 Å². The van der Waals surface area contributed by atoms with Gasteiger partial charge in [-0.05, 0) is 34.8 Å². The van der Waals surface area contributed by atoms with Crippen molar-refractivity contribution in [2.45, 2.75) is 24.8 Å². The highest BCUT2D eigenvalue weighted by molar-refractivity contribution is 9.10. The molecule has 1 heterocycles. The summed E-state index contributed by atoms with van der Waals surface area (Å²) in [5.74, 6) is -3.84. The van der Waals surface area contributed by atoms with Gasteiger partial charge in [0.05, 0.1) is 6.54 Å². The molecule has 7 heteroatoms. The first-order chi connectivity index (χ1) is 8.43. The SMILES string of the molecule is O=C(NCC(F)(F)CO)c1cc(Br)cn1C1CC1. The predicted molar refractivity (Wildman–Crippen MR) is 64.8 cm³/mol. The molecule has 2 N–H and O–H groups in total. The Balaban J connectivity index is 2.04. The fourth-order valence-electron chi connectivity index (χ4n) is 1.64. The molecule has 0 aliphatic heterocycles. The van der Waals surface area contributed by atoms with E-state index in [1.165, 1.54) is 0 Å². The van der Waals surface area contributed by atoms with Crippen molar-refractivity contribution >= 4 is 21.8 Å². The number of halogens is 3. The van der Waals surface area contributed by atoms with Crippen molar-refractivity contribution < 1.29 is 18.7 Å². The fourth-order valence-corrected chi connectivity index (χ4v) is 2.08. The largest absolute Gasteiger partial charge is 0.390 e. The zero-order valence-electron chi connectivity index (χ0n) is 9.50. The molecule has 0 spiro atoms. The Hall–Kier alpha value is -0.950. The first-order valence-electron chi connectivity index (χ1n) is 5.57. The quantitative estimate of drug-likeness (QED) is 0.870. The molecule has 100 valence electrons. The molecule has 1 aromatic rings. The molecule has 4 nitrogen and oxygen atoms in total. The fraction of sp³-hybridized carbons (Fsp3) is 0.545. The number of hydrogen-bond acceptors (Lipinski definition) is 2. The van der Waals surface area contributed by atoms with Crippen molar-refractivity contribution in [1.82, 2.24) is 9.88 Å². The van der Waals surface area contributed by atoms with Crippen LogP contribution in [0.3, 0.4) is 0 Å². The van der Waals surface area contributed by atoms with Gasteiger partial charge >= 0.3 is 0 Å². The van der Waals surface area contributed by atoms with E-state index < -0.39 is 25.0 Å². The van der Waals surface area contributed by atoms with Crippen molar-refractivity contribution in [3.05, 3.63) is 22.4 Å². The van der Waals surface area contributed by atoms with Gasteiger partial charge in [0.25, 0.3) is 11.8 Å². The van der Waals surface area contributed by atoms with Crippen LogP contribution in [0.4, 0.5) is 8.78 Å². The molecule has 1 aromatic heterocycles. The van der Waals surface area contributed by atoms with E-state index in [2.05, 4.69) is 21.2 Å². The van der Waals surface area contributed by atoms with Crippen LogP contribution in [0, 0.1) is 0 Å². The third-order valence-corrected chi connectivity index (χ3v) is 3.16. The highest BCUT2D eigenvalue weighted by Crippen LogP contribution is 2.37. The van der Waals surface area contributed by atoms with E-state index >= 15 is 0 Å². The van der Waals surface area contributed by atoms with Gasteiger partial charge in [-0.2, -0.15) is 0 Å². The van der Waals surface area contributed by atoms with Crippen molar-refractivity contribution in [2.24, 2.45) is 0 Å². The van der Waals surface area contributed by atoms with Crippen molar-refractivity contribution in [3.8, 4) is 0 Å². The molecule has 0 atom stereocenters. The summed E-state index contributed by atoms with van der Waals surface area (Å²) in [5.41, 5.74) is 0.359. The molecular weight excluding hydrogens is 310 g/mol. The number of carbonyl (C=O) groups excluding carboxylic acids is 1. The Morgan fingerprint density at radius 3 is 2.83 bits per heavy atom. The molecule has 0 bridgehead atoms. The summed E-state index contributed by atoms with van der Waals surface area (Å²) in [7, 11) is 0. The number of alkyl halides is 2.